The van der Waals surface area contributed by atoms with Crippen LogP contribution >= 0.6 is 0 Å². The molecule has 2 aliphatic heterocycles. The fourth-order valence-electron chi connectivity index (χ4n) is 4.35. The Labute approximate surface area is 142 Å². The molecule has 1 aromatic carbocycles. The lowest BCUT2D eigenvalue weighted by Crippen LogP contribution is -2.22. The number of benzene rings is 1. The molecule has 0 saturated carbocycles. The molecular weight excluding hydrogens is 302 g/mol. The molecule has 1 saturated heterocycles. The van der Waals surface area contributed by atoms with E-state index < -0.39 is 0 Å². The van der Waals surface area contributed by atoms with Crippen molar-refractivity contribution < 1.29 is 9.47 Å². The van der Waals surface area contributed by atoms with Crippen LogP contribution in [0.15, 0.2) is 24.5 Å². The van der Waals surface area contributed by atoms with E-state index in [0.717, 1.165) is 37.6 Å². The van der Waals surface area contributed by atoms with Crippen LogP contribution in [-0.2, 0) is 19.4 Å². The van der Waals surface area contributed by atoms with E-state index in [2.05, 4.69) is 32.9 Å². The highest BCUT2D eigenvalue weighted by Gasteiger charge is 2.28. The van der Waals surface area contributed by atoms with Gasteiger partial charge in [-0.3, -0.25) is 4.90 Å². The predicted octanol–water partition coefficient (Wildman–Crippen LogP) is 2.94. The molecule has 2 aromatic rings. The number of hydrogen-bond donors (Lipinski definition) is 0. The van der Waals surface area contributed by atoms with Gasteiger partial charge in [0.25, 0.3) is 0 Å². The van der Waals surface area contributed by atoms with Crippen LogP contribution in [0.25, 0.3) is 0 Å². The smallest absolute Gasteiger partial charge is 0.231 e. The number of nitrogens with zero attached hydrogens (tertiary/aromatic N) is 3. The normalized spacial score (nSPS) is 22.8. The molecule has 1 aliphatic carbocycles. The summed E-state index contributed by atoms with van der Waals surface area (Å²) in [5.41, 5.74) is 4.06. The zero-order valence-corrected chi connectivity index (χ0v) is 13.9. The van der Waals surface area contributed by atoms with E-state index in [4.69, 9.17) is 9.47 Å². The summed E-state index contributed by atoms with van der Waals surface area (Å²) in [4.78, 5) is 7.19. The highest BCUT2D eigenvalue weighted by atomic mass is 16.7. The Hall–Kier alpha value is -2.01. The van der Waals surface area contributed by atoms with Crippen molar-refractivity contribution in [3.63, 3.8) is 0 Å². The van der Waals surface area contributed by atoms with Crippen LogP contribution in [0.2, 0.25) is 0 Å². The number of aryl methyl sites for hydroxylation is 1. The Morgan fingerprint density at radius 2 is 2.12 bits per heavy atom. The minimum Gasteiger partial charge on any atom is -0.454 e. The summed E-state index contributed by atoms with van der Waals surface area (Å²) in [5, 5.41) is 0. The Morgan fingerprint density at radius 3 is 3.12 bits per heavy atom. The highest BCUT2D eigenvalue weighted by Crippen LogP contribution is 2.37. The number of fused-ring (bicyclic) bond motifs is 2. The second-order valence-corrected chi connectivity index (χ2v) is 7.08. The molecule has 3 aliphatic rings. The van der Waals surface area contributed by atoms with Crippen LogP contribution in [0.1, 0.15) is 42.3 Å². The van der Waals surface area contributed by atoms with Gasteiger partial charge in [-0.05, 0) is 38.2 Å². The van der Waals surface area contributed by atoms with Crippen molar-refractivity contribution in [1.82, 2.24) is 14.5 Å². The summed E-state index contributed by atoms with van der Waals surface area (Å²) < 4.78 is 13.6. The maximum Gasteiger partial charge on any atom is 0.231 e. The van der Waals surface area contributed by atoms with Gasteiger partial charge in [0, 0.05) is 36.9 Å². The molecule has 0 unspecified atom stereocenters. The largest absolute Gasteiger partial charge is 0.454 e. The molecule has 1 fully saturated rings. The lowest BCUT2D eigenvalue weighted by molar-refractivity contribution is 0.172. The number of ether oxygens (including phenoxy) is 2. The summed E-state index contributed by atoms with van der Waals surface area (Å²) in [6.45, 7) is 3.49. The molecule has 5 rings (SSSR count). The zero-order chi connectivity index (χ0) is 15.9. The molecule has 0 amide bonds. The molecule has 1 aromatic heterocycles. The highest BCUT2D eigenvalue weighted by molar-refractivity contribution is 5.48. The quantitative estimate of drug-likeness (QED) is 0.870. The topological polar surface area (TPSA) is 39.5 Å². The van der Waals surface area contributed by atoms with Gasteiger partial charge < -0.3 is 14.0 Å². The summed E-state index contributed by atoms with van der Waals surface area (Å²) in [5.74, 6) is 1.81. The molecule has 3 heterocycles. The molecule has 0 N–H and O–H groups in total. The van der Waals surface area contributed by atoms with Gasteiger partial charge in [-0.1, -0.05) is 12.1 Å². The average Bonchev–Trinajstić information content (AvgIpc) is 3.34. The SMILES string of the molecule is c1cc(CN2CC[C@H](n3cnc4c3CCCC4)C2)c2c(c1)OCO2. The molecule has 0 bridgehead atoms. The van der Waals surface area contributed by atoms with E-state index in [1.54, 1.807) is 0 Å². The molecule has 0 spiro atoms. The fourth-order valence-corrected chi connectivity index (χ4v) is 4.35. The van der Waals surface area contributed by atoms with Crippen LogP contribution in [0.5, 0.6) is 11.5 Å². The van der Waals surface area contributed by atoms with Crippen molar-refractivity contribution in [1.29, 1.82) is 0 Å². The third-order valence-corrected chi connectivity index (χ3v) is 5.57. The monoisotopic (exact) mass is 325 g/mol. The van der Waals surface area contributed by atoms with Crippen LogP contribution in [-0.4, -0.2) is 34.3 Å². The van der Waals surface area contributed by atoms with Crippen LogP contribution in [0, 0.1) is 0 Å². The number of para-hydroxylation sites is 1. The molecular formula is C19H23N3O2. The maximum absolute atomic E-state index is 5.65. The Morgan fingerprint density at radius 1 is 1.17 bits per heavy atom. The van der Waals surface area contributed by atoms with E-state index in [1.807, 2.05) is 6.07 Å². The van der Waals surface area contributed by atoms with Gasteiger partial charge >= 0.3 is 0 Å². The number of rotatable bonds is 3. The van der Waals surface area contributed by atoms with E-state index in [1.165, 1.54) is 42.6 Å². The van der Waals surface area contributed by atoms with Gasteiger partial charge in [0.1, 0.15) is 0 Å². The Kier molecular flexibility index (Phi) is 3.47. The summed E-state index contributed by atoms with van der Waals surface area (Å²) in [7, 11) is 0. The number of imidazole rings is 1. The molecule has 126 valence electrons. The van der Waals surface area contributed by atoms with Crippen molar-refractivity contribution >= 4 is 0 Å². The maximum atomic E-state index is 5.65. The number of hydrogen-bond acceptors (Lipinski definition) is 4. The predicted molar refractivity (Wildman–Crippen MR) is 90.4 cm³/mol. The van der Waals surface area contributed by atoms with Crippen molar-refractivity contribution in [2.24, 2.45) is 0 Å². The third-order valence-electron chi connectivity index (χ3n) is 5.57. The zero-order valence-electron chi connectivity index (χ0n) is 13.9. The Bertz CT molecular complexity index is 755. The van der Waals surface area contributed by atoms with E-state index >= 15 is 0 Å². The van der Waals surface area contributed by atoms with Gasteiger partial charge in [0.05, 0.1) is 12.0 Å². The minimum atomic E-state index is 0.343. The standard InChI is InChI=1S/C19H23N3O2/c1-2-6-17-16(5-1)20-12-22(17)15-8-9-21(11-15)10-14-4-3-7-18-19(14)24-13-23-18/h3-4,7,12,15H,1-2,5-6,8-11,13H2/t15-/m0/s1. The molecule has 24 heavy (non-hydrogen) atoms. The van der Waals surface area contributed by atoms with Crippen molar-refractivity contribution in [3.8, 4) is 11.5 Å². The molecule has 5 nitrogen and oxygen atoms in total. The first-order valence-corrected chi connectivity index (χ1v) is 9.03. The fraction of sp³-hybridized carbons (Fsp3) is 0.526. The number of likely N-dealkylation sites (tertiary alicyclic amines) is 1. The second kappa shape index (κ2) is 5.81. The van der Waals surface area contributed by atoms with Crippen LogP contribution in [0.3, 0.4) is 0 Å². The van der Waals surface area contributed by atoms with E-state index in [9.17, 15) is 0 Å². The van der Waals surface area contributed by atoms with E-state index in [-0.39, 0.29) is 0 Å². The average molecular weight is 325 g/mol. The van der Waals surface area contributed by atoms with Gasteiger partial charge in [0.15, 0.2) is 11.5 Å². The van der Waals surface area contributed by atoms with Crippen LogP contribution in [0.4, 0.5) is 0 Å². The first kappa shape index (κ1) is 14.3. The van der Waals surface area contributed by atoms with Gasteiger partial charge in [-0.15, -0.1) is 0 Å². The third kappa shape index (κ3) is 2.38. The van der Waals surface area contributed by atoms with Crippen LogP contribution < -0.4 is 9.47 Å². The minimum absolute atomic E-state index is 0.343. The van der Waals surface area contributed by atoms with Gasteiger partial charge in [0.2, 0.25) is 6.79 Å². The summed E-state index contributed by atoms with van der Waals surface area (Å²) >= 11 is 0. The second-order valence-electron chi connectivity index (χ2n) is 7.08. The first-order valence-electron chi connectivity index (χ1n) is 9.03. The van der Waals surface area contributed by atoms with E-state index in [0.29, 0.717) is 12.8 Å². The first-order chi connectivity index (χ1) is 11.9. The number of aromatic nitrogens is 2. The van der Waals surface area contributed by atoms with Crippen molar-refractivity contribution in [2.75, 3.05) is 19.9 Å². The summed E-state index contributed by atoms with van der Waals surface area (Å²) in [6, 6.07) is 6.76. The molecule has 5 heteroatoms. The van der Waals surface area contributed by atoms with Gasteiger partial charge in [-0.25, -0.2) is 4.98 Å². The lowest BCUT2D eigenvalue weighted by atomic mass is 10.0. The molecule has 1 atom stereocenters. The van der Waals surface area contributed by atoms with Gasteiger partial charge in [-0.2, -0.15) is 0 Å². The molecule has 0 radical (unpaired) electrons. The van der Waals surface area contributed by atoms with Crippen molar-refractivity contribution in [3.05, 3.63) is 41.5 Å². The lowest BCUT2D eigenvalue weighted by Gasteiger charge is -2.20. The Balaban J connectivity index is 1.31. The summed E-state index contributed by atoms with van der Waals surface area (Å²) in [6.07, 6.45) is 8.25. The van der Waals surface area contributed by atoms with Crippen molar-refractivity contribution in [2.45, 2.75) is 44.7 Å².